The molecule has 2 aliphatic rings. The molecule has 0 aromatic carbocycles. The second-order valence-corrected chi connectivity index (χ2v) is 7.25. The Bertz CT molecular complexity index is 276. The Balaban J connectivity index is 1.78. The summed E-state index contributed by atoms with van der Waals surface area (Å²) >= 11 is 0. The molecule has 0 aliphatic heterocycles. The zero-order valence-corrected chi connectivity index (χ0v) is 12.5. The molecule has 2 aliphatic carbocycles. The summed E-state index contributed by atoms with van der Waals surface area (Å²) in [6, 6.07) is 0. The average molecular weight is 269 g/mol. The zero-order chi connectivity index (χ0) is 13.8. The molecule has 3 N–H and O–H groups in total. The molecule has 2 saturated carbocycles. The fraction of sp³-hybridized carbons (Fsp3) is 1.00. The summed E-state index contributed by atoms with van der Waals surface area (Å²) in [4.78, 5) is 0. The SMILES string of the molecule is CC1CCCC(O)(CNCC2(CO)CCCCC2)C1. The molecular formula is C16H31NO2. The van der Waals surface area contributed by atoms with Crippen molar-refractivity contribution in [2.45, 2.75) is 70.3 Å². The number of aliphatic hydroxyl groups excluding tert-OH is 1. The molecule has 0 radical (unpaired) electrons. The van der Waals surface area contributed by atoms with Crippen LogP contribution >= 0.6 is 0 Å². The summed E-state index contributed by atoms with van der Waals surface area (Å²) in [7, 11) is 0. The quantitative estimate of drug-likeness (QED) is 0.718. The topological polar surface area (TPSA) is 52.5 Å². The van der Waals surface area contributed by atoms with Gasteiger partial charge in [-0.15, -0.1) is 0 Å². The Morgan fingerprint density at radius 2 is 1.79 bits per heavy atom. The molecule has 0 spiro atoms. The maximum absolute atomic E-state index is 10.6. The lowest BCUT2D eigenvalue weighted by molar-refractivity contribution is -0.0165. The van der Waals surface area contributed by atoms with E-state index in [1.807, 2.05) is 0 Å². The predicted molar refractivity (Wildman–Crippen MR) is 78.1 cm³/mol. The summed E-state index contributed by atoms with van der Waals surface area (Å²) in [5.74, 6) is 0.641. The third-order valence-electron chi connectivity index (χ3n) is 5.27. The maximum atomic E-state index is 10.6. The van der Waals surface area contributed by atoms with E-state index in [0.29, 0.717) is 12.5 Å². The molecule has 0 saturated heterocycles. The smallest absolute Gasteiger partial charge is 0.0774 e. The minimum atomic E-state index is -0.511. The van der Waals surface area contributed by atoms with Gasteiger partial charge in [-0.05, 0) is 31.6 Å². The van der Waals surface area contributed by atoms with E-state index in [-0.39, 0.29) is 12.0 Å². The summed E-state index contributed by atoms with van der Waals surface area (Å²) in [5, 5.41) is 23.8. The maximum Gasteiger partial charge on any atom is 0.0774 e. The van der Waals surface area contributed by atoms with Crippen LogP contribution in [-0.4, -0.2) is 35.5 Å². The number of nitrogens with one attached hydrogen (secondary N) is 1. The van der Waals surface area contributed by atoms with E-state index in [2.05, 4.69) is 12.2 Å². The molecular weight excluding hydrogens is 238 g/mol. The van der Waals surface area contributed by atoms with Gasteiger partial charge in [0.15, 0.2) is 0 Å². The molecule has 3 nitrogen and oxygen atoms in total. The molecule has 0 aromatic heterocycles. The number of hydrogen-bond donors (Lipinski definition) is 3. The molecule has 19 heavy (non-hydrogen) atoms. The molecule has 3 heteroatoms. The molecule has 0 bridgehead atoms. The van der Waals surface area contributed by atoms with Gasteiger partial charge in [0, 0.05) is 25.1 Å². The Labute approximate surface area is 117 Å². The van der Waals surface area contributed by atoms with E-state index < -0.39 is 5.60 Å². The first-order chi connectivity index (χ1) is 9.08. The summed E-state index contributed by atoms with van der Waals surface area (Å²) in [6.45, 7) is 4.08. The van der Waals surface area contributed by atoms with Gasteiger partial charge in [0.05, 0.1) is 5.60 Å². The van der Waals surface area contributed by atoms with E-state index in [0.717, 1.165) is 38.6 Å². The Morgan fingerprint density at radius 3 is 2.42 bits per heavy atom. The minimum absolute atomic E-state index is 0.0783. The highest BCUT2D eigenvalue weighted by Crippen LogP contribution is 2.36. The van der Waals surface area contributed by atoms with Crippen LogP contribution in [0.15, 0.2) is 0 Å². The molecule has 2 atom stereocenters. The van der Waals surface area contributed by atoms with Crippen molar-refractivity contribution < 1.29 is 10.2 Å². The highest BCUT2D eigenvalue weighted by molar-refractivity contribution is 4.90. The predicted octanol–water partition coefficient (Wildman–Crippen LogP) is 2.46. The molecule has 0 aromatic rings. The normalized spacial score (nSPS) is 35.2. The molecule has 0 amide bonds. The van der Waals surface area contributed by atoms with E-state index in [1.54, 1.807) is 0 Å². The second-order valence-electron chi connectivity index (χ2n) is 7.25. The third kappa shape index (κ3) is 4.17. The molecule has 112 valence electrons. The summed E-state index contributed by atoms with van der Waals surface area (Å²) in [6.07, 6.45) is 10.3. The lowest BCUT2D eigenvalue weighted by Crippen LogP contribution is -2.48. The van der Waals surface area contributed by atoms with Gasteiger partial charge in [0.25, 0.3) is 0 Å². The van der Waals surface area contributed by atoms with Crippen LogP contribution in [0.1, 0.15) is 64.7 Å². The third-order valence-corrected chi connectivity index (χ3v) is 5.27. The van der Waals surface area contributed by atoms with Gasteiger partial charge in [-0.25, -0.2) is 0 Å². The first-order valence-electron chi connectivity index (χ1n) is 8.12. The van der Waals surface area contributed by atoms with Crippen LogP contribution in [0.5, 0.6) is 0 Å². The summed E-state index contributed by atoms with van der Waals surface area (Å²) < 4.78 is 0. The van der Waals surface area contributed by atoms with Crippen molar-refractivity contribution >= 4 is 0 Å². The van der Waals surface area contributed by atoms with Gasteiger partial charge < -0.3 is 15.5 Å². The second kappa shape index (κ2) is 6.55. The van der Waals surface area contributed by atoms with Gasteiger partial charge >= 0.3 is 0 Å². The largest absolute Gasteiger partial charge is 0.396 e. The van der Waals surface area contributed by atoms with E-state index >= 15 is 0 Å². The van der Waals surface area contributed by atoms with Crippen LogP contribution in [0, 0.1) is 11.3 Å². The lowest BCUT2D eigenvalue weighted by Gasteiger charge is -2.39. The number of rotatable bonds is 5. The lowest BCUT2D eigenvalue weighted by atomic mass is 9.74. The minimum Gasteiger partial charge on any atom is -0.396 e. The van der Waals surface area contributed by atoms with E-state index in [9.17, 15) is 10.2 Å². The number of aliphatic hydroxyl groups is 2. The monoisotopic (exact) mass is 269 g/mol. The van der Waals surface area contributed by atoms with Crippen LogP contribution in [0.3, 0.4) is 0 Å². The van der Waals surface area contributed by atoms with Crippen molar-refractivity contribution in [2.24, 2.45) is 11.3 Å². The standard InChI is InChI=1S/C16H31NO2/c1-14-6-5-9-16(19,10-14)12-17-11-15(13-18)7-3-2-4-8-15/h14,17-19H,2-13H2,1H3. The number of hydrogen-bond acceptors (Lipinski definition) is 3. The zero-order valence-electron chi connectivity index (χ0n) is 12.5. The van der Waals surface area contributed by atoms with E-state index in [4.69, 9.17) is 0 Å². The van der Waals surface area contributed by atoms with Crippen LogP contribution in [0.25, 0.3) is 0 Å². The molecule has 2 unspecified atom stereocenters. The van der Waals surface area contributed by atoms with Gasteiger partial charge in [-0.3, -0.25) is 0 Å². The van der Waals surface area contributed by atoms with Gasteiger partial charge in [-0.1, -0.05) is 39.0 Å². The average Bonchev–Trinajstić information content (AvgIpc) is 2.39. The Kier molecular flexibility index (Phi) is 5.27. The van der Waals surface area contributed by atoms with Crippen LogP contribution in [0.4, 0.5) is 0 Å². The summed E-state index contributed by atoms with van der Waals surface area (Å²) in [5.41, 5.74) is -0.433. The van der Waals surface area contributed by atoms with Crippen LogP contribution < -0.4 is 5.32 Å². The fourth-order valence-corrected chi connectivity index (χ4v) is 4.05. The van der Waals surface area contributed by atoms with Crippen LogP contribution in [-0.2, 0) is 0 Å². The van der Waals surface area contributed by atoms with Crippen molar-refractivity contribution in [2.75, 3.05) is 19.7 Å². The molecule has 0 heterocycles. The van der Waals surface area contributed by atoms with Gasteiger partial charge in [0.1, 0.15) is 0 Å². The highest BCUT2D eigenvalue weighted by atomic mass is 16.3. The first kappa shape index (κ1) is 15.3. The van der Waals surface area contributed by atoms with Gasteiger partial charge in [-0.2, -0.15) is 0 Å². The van der Waals surface area contributed by atoms with E-state index in [1.165, 1.54) is 25.7 Å². The Morgan fingerprint density at radius 1 is 1.05 bits per heavy atom. The fourth-order valence-electron chi connectivity index (χ4n) is 4.05. The molecule has 2 fully saturated rings. The van der Waals surface area contributed by atoms with Crippen molar-refractivity contribution in [1.82, 2.24) is 5.32 Å². The Hall–Kier alpha value is -0.120. The first-order valence-corrected chi connectivity index (χ1v) is 8.12. The van der Waals surface area contributed by atoms with Crippen molar-refractivity contribution in [3.63, 3.8) is 0 Å². The van der Waals surface area contributed by atoms with Crippen molar-refractivity contribution in [3.8, 4) is 0 Å². The highest BCUT2D eigenvalue weighted by Gasteiger charge is 2.35. The van der Waals surface area contributed by atoms with Crippen molar-refractivity contribution in [1.29, 1.82) is 0 Å². The van der Waals surface area contributed by atoms with Crippen molar-refractivity contribution in [3.05, 3.63) is 0 Å². The molecule has 2 rings (SSSR count). The van der Waals surface area contributed by atoms with Gasteiger partial charge in [0.2, 0.25) is 0 Å². The van der Waals surface area contributed by atoms with Crippen LogP contribution in [0.2, 0.25) is 0 Å².